The van der Waals surface area contributed by atoms with Gasteiger partial charge in [0.05, 0.1) is 23.3 Å². The Balaban J connectivity index is 1.73. The van der Waals surface area contributed by atoms with Crippen molar-refractivity contribution in [2.24, 2.45) is 0 Å². The second-order valence-electron chi connectivity index (χ2n) is 5.21. The minimum atomic E-state index is 0.636. The topological polar surface area (TPSA) is 71.6 Å². The van der Waals surface area contributed by atoms with Crippen LogP contribution < -0.4 is 10.6 Å². The van der Waals surface area contributed by atoms with Gasteiger partial charge in [0.25, 0.3) is 0 Å². The van der Waals surface area contributed by atoms with E-state index in [4.69, 9.17) is 10.5 Å². The van der Waals surface area contributed by atoms with Crippen molar-refractivity contribution in [2.75, 3.05) is 10.6 Å². The van der Waals surface area contributed by atoms with Crippen molar-refractivity contribution in [1.82, 2.24) is 0 Å². The van der Waals surface area contributed by atoms with Gasteiger partial charge >= 0.3 is 0 Å². The summed E-state index contributed by atoms with van der Waals surface area (Å²) in [6.45, 7) is 0. The number of nitrogens with one attached hydrogen (secondary N) is 2. The fraction of sp³-hybridized carbons (Fsp3) is 0. The third kappa shape index (κ3) is 3.71. The number of nitrogens with zero attached hydrogens (tertiary/aromatic N) is 2. The van der Waals surface area contributed by atoms with Gasteiger partial charge in [-0.1, -0.05) is 6.07 Å². The second kappa shape index (κ2) is 7.00. The summed E-state index contributed by atoms with van der Waals surface area (Å²) in [4.78, 5) is 0. The summed E-state index contributed by atoms with van der Waals surface area (Å²) < 4.78 is 0. The van der Waals surface area contributed by atoms with Crippen LogP contribution >= 0.6 is 0 Å². The average Bonchev–Trinajstić information content (AvgIpc) is 2.63. The Morgan fingerprint density at radius 3 is 1.33 bits per heavy atom. The quantitative estimate of drug-likeness (QED) is 0.717. The fourth-order valence-electron chi connectivity index (χ4n) is 2.26. The van der Waals surface area contributed by atoms with E-state index < -0.39 is 0 Å². The van der Waals surface area contributed by atoms with Gasteiger partial charge in [-0.3, -0.25) is 0 Å². The number of nitriles is 2. The highest BCUT2D eigenvalue weighted by Crippen LogP contribution is 2.23. The Bertz CT molecular complexity index is 839. The lowest BCUT2D eigenvalue weighted by Crippen LogP contribution is -1.94. The molecule has 3 aromatic carbocycles. The first kappa shape index (κ1) is 15.1. The molecule has 2 N–H and O–H groups in total. The standard InChI is InChI=1S/C20H14N4/c21-13-15-4-8-17(9-5-15)23-19-2-1-3-20(12-19)24-18-10-6-16(14-22)7-11-18/h1-12,23-24H. The number of hydrogen-bond donors (Lipinski definition) is 2. The average molecular weight is 310 g/mol. The lowest BCUT2D eigenvalue weighted by molar-refractivity contribution is 1.46. The van der Waals surface area contributed by atoms with Crippen LogP contribution in [0.4, 0.5) is 22.7 Å². The van der Waals surface area contributed by atoms with E-state index in [-0.39, 0.29) is 0 Å². The van der Waals surface area contributed by atoms with E-state index in [1.54, 1.807) is 24.3 Å². The van der Waals surface area contributed by atoms with E-state index in [1.807, 2.05) is 48.5 Å². The van der Waals surface area contributed by atoms with Crippen LogP contribution in [-0.2, 0) is 0 Å². The fourth-order valence-corrected chi connectivity index (χ4v) is 2.26. The van der Waals surface area contributed by atoms with E-state index in [1.165, 1.54) is 0 Å². The maximum absolute atomic E-state index is 8.83. The highest BCUT2D eigenvalue weighted by atomic mass is 14.9. The molecule has 0 amide bonds. The molecule has 3 aromatic rings. The van der Waals surface area contributed by atoms with Gasteiger partial charge in [-0.25, -0.2) is 0 Å². The monoisotopic (exact) mass is 310 g/mol. The van der Waals surface area contributed by atoms with Gasteiger partial charge in [-0.05, 0) is 66.7 Å². The summed E-state index contributed by atoms with van der Waals surface area (Å²) in [7, 11) is 0. The van der Waals surface area contributed by atoms with Gasteiger partial charge in [0.2, 0.25) is 0 Å². The zero-order valence-corrected chi connectivity index (χ0v) is 12.8. The minimum Gasteiger partial charge on any atom is -0.355 e. The Morgan fingerprint density at radius 2 is 0.958 bits per heavy atom. The molecule has 0 heterocycles. The van der Waals surface area contributed by atoms with Crippen molar-refractivity contribution in [2.45, 2.75) is 0 Å². The molecule has 0 bridgehead atoms. The summed E-state index contributed by atoms with van der Waals surface area (Å²) in [5, 5.41) is 24.3. The van der Waals surface area contributed by atoms with Crippen LogP contribution in [0, 0.1) is 22.7 Å². The lowest BCUT2D eigenvalue weighted by Gasteiger charge is -2.10. The van der Waals surface area contributed by atoms with Crippen LogP contribution in [0.3, 0.4) is 0 Å². The first-order chi connectivity index (χ1) is 11.8. The van der Waals surface area contributed by atoms with E-state index in [0.717, 1.165) is 22.7 Å². The highest BCUT2D eigenvalue weighted by Gasteiger charge is 1.99. The van der Waals surface area contributed by atoms with E-state index in [2.05, 4.69) is 22.8 Å². The molecule has 4 nitrogen and oxygen atoms in total. The van der Waals surface area contributed by atoms with Gasteiger partial charge in [0, 0.05) is 22.7 Å². The van der Waals surface area contributed by atoms with E-state index in [9.17, 15) is 0 Å². The molecule has 0 aliphatic heterocycles. The Labute approximate surface area is 140 Å². The van der Waals surface area contributed by atoms with Crippen molar-refractivity contribution < 1.29 is 0 Å². The zero-order chi connectivity index (χ0) is 16.8. The van der Waals surface area contributed by atoms with Crippen LogP contribution in [0.15, 0.2) is 72.8 Å². The summed E-state index contributed by atoms with van der Waals surface area (Å²) >= 11 is 0. The molecule has 0 atom stereocenters. The second-order valence-corrected chi connectivity index (χ2v) is 5.21. The molecule has 0 aromatic heterocycles. The number of hydrogen-bond acceptors (Lipinski definition) is 4. The molecule has 0 aliphatic carbocycles. The van der Waals surface area contributed by atoms with Crippen LogP contribution in [0.5, 0.6) is 0 Å². The molecule has 3 rings (SSSR count). The molecule has 114 valence electrons. The number of anilines is 4. The summed E-state index contributed by atoms with van der Waals surface area (Å²) in [5.74, 6) is 0. The van der Waals surface area contributed by atoms with Crippen molar-refractivity contribution in [3.05, 3.63) is 83.9 Å². The molecule has 0 radical (unpaired) electrons. The van der Waals surface area contributed by atoms with Crippen LogP contribution in [0.25, 0.3) is 0 Å². The normalized spacial score (nSPS) is 9.58. The molecule has 0 aliphatic rings. The van der Waals surface area contributed by atoms with Crippen LogP contribution in [-0.4, -0.2) is 0 Å². The van der Waals surface area contributed by atoms with Gasteiger partial charge in [-0.15, -0.1) is 0 Å². The van der Waals surface area contributed by atoms with Crippen molar-refractivity contribution in [3.8, 4) is 12.1 Å². The maximum atomic E-state index is 8.83. The third-order valence-electron chi connectivity index (χ3n) is 3.47. The van der Waals surface area contributed by atoms with Gasteiger partial charge in [0.1, 0.15) is 0 Å². The molecule has 0 saturated carbocycles. The van der Waals surface area contributed by atoms with E-state index in [0.29, 0.717) is 11.1 Å². The van der Waals surface area contributed by atoms with Crippen LogP contribution in [0.2, 0.25) is 0 Å². The van der Waals surface area contributed by atoms with Crippen molar-refractivity contribution in [3.63, 3.8) is 0 Å². The SMILES string of the molecule is N#Cc1ccc(Nc2cccc(Nc3ccc(C#N)cc3)c2)cc1. The van der Waals surface area contributed by atoms with Crippen molar-refractivity contribution >= 4 is 22.7 Å². The third-order valence-corrected chi connectivity index (χ3v) is 3.47. The Kier molecular flexibility index (Phi) is 4.42. The predicted molar refractivity (Wildman–Crippen MR) is 95.3 cm³/mol. The number of rotatable bonds is 4. The van der Waals surface area contributed by atoms with E-state index >= 15 is 0 Å². The molecule has 0 spiro atoms. The number of benzene rings is 3. The molecule has 0 unspecified atom stereocenters. The minimum absolute atomic E-state index is 0.636. The molecular weight excluding hydrogens is 296 g/mol. The molecule has 0 saturated heterocycles. The van der Waals surface area contributed by atoms with Crippen LogP contribution in [0.1, 0.15) is 11.1 Å². The summed E-state index contributed by atoms with van der Waals surface area (Å²) in [6, 6.07) is 26.7. The molecule has 24 heavy (non-hydrogen) atoms. The summed E-state index contributed by atoms with van der Waals surface area (Å²) in [5.41, 5.74) is 5.00. The summed E-state index contributed by atoms with van der Waals surface area (Å²) in [6.07, 6.45) is 0. The maximum Gasteiger partial charge on any atom is 0.0991 e. The largest absolute Gasteiger partial charge is 0.355 e. The van der Waals surface area contributed by atoms with Gasteiger partial charge in [-0.2, -0.15) is 10.5 Å². The first-order valence-corrected chi connectivity index (χ1v) is 7.41. The molecular formula is C20H14N4. The Morgan fingerprint density at radius 1 is 0.542 bits per heavy atom. The molecule has 0 fully saturated rings. The smallest absolute Gasteiger partial charge is 0.0991 e. The lowest BCUT2D eigenvalue weighted by atomic mass is 10.2. The predicted octanol–water partition coefficient (Wildman–Crippen LogP) is 4.92. The zero-order valence-electron chi connectivity index (χ0n) is 12.8. The Hall–Kier alpha value is -3.76. The first-order valence-electron chi connectivity index (χ1n) is 7.41. The molecule has 4 heteroatoms. The van der Waals surface area contributed by atoms with Gasteiger partial charge < -0.3 is 10.6 Å². The highest BCUT2D eigenvalue weighted by molar-refractivity contribution is 5.68. The van der Waals surface area contributed by atoms with Crippen molar-refractivity contribution in [1.29, 1.82) is 10.5 Å². The van der Waals surface area contributed by atoms with Gasteiger partial charge in [0.15, 0.2) is 0 Å².